The van der Waals surface area contributed by atoms with Crippen LogP contribution in [0.3, 0.4) is 0 Å². The predicted octanol–water partition coefficient (Wildman–Crippen LogP) is 6.57. The van der Waals surface area contributed by atoms with Crippen LogP contribution in [-0.2, 0) is 0 Å². The topological polar surface area (TPSA) is 9.23 Å². The fourth-order valence-electron chi connectivity index (χ4n) is 2.60. The Kier molecular flexibility index (Phi) is 12.0. The molecule has 0 bridgehead atoms. The Balaban J connectivity index is 1.75. The lowest BCUT2D eigenvalue weighted by Gasteiger charge is -2.05. The first-order chi connectivity index (χ1) is 10.4. The van der Waals surface area contributed by atoms with Gasteiger partial charge in [0.15, 0.2) is 0 Å². The Hall–Kier alpha value is -0.980. The molecule has 0 amide bonds. The lowest BCUT2D eigenvalue weighted by Crippen LogP contribution is -1.96. The van der Waals surface area contributed by atoms with Gasteiger partial charge in [0.1, 0.15) is 5.75 Å². The largest absolute Gasteiger partial charge is 0.494 e. The van der Waals surface area contributed by atoms with Gasteiger partial charge in [-0.25, -0.2) is 0 Å². The van der Waals surface area contributed by atoms with Gasteiger partial charge < -0.3 is 4.74 Å². The summed E-state index contributed by atoms with van der Waals surface area (Å²) in [6.45, 7) is 3.12. The van der Waals surface area contributed by atoms with Gasteiger partial charge in [0.25, 0.3) is 0 Å². The maximum absolute atomic E-state index is 5.67. The van der Waals surface area contributed by atoms with Crippen LogP contribution in [0.15, 0.2) is 24.3 Å². The Labute approximate surface area is 132 Å². The highest BCUT2D eigenvalue weighted by atomic mass is 16.5. The van der Waals surface area contributed by atoms with Gasteiger partial charge in [-0.05, 0) is 24.6 Å². The molecule has 1 radical (unpaired) electrons. The first kappa shape index (κ1) is 18.1. The molecule has 0 unspecified atom stereocenters. The van der Waals surface area contributed by atoms with E-state index in [1.165, 1.54) is 77.0 Å². The van der Waals surface area contributed by atoms with Crippen molar-refractivity contribution in [1.29, 1.82) is 0 Å². The molecule has 0 N–H and O–H groups in total. The summed E-state index contributed by atoms with van der Waals surface area (Å²) in [6.07, 6.45) is 16.6. The van der Waals surface area contributed by atoms with Crippen LogP contribution in [0.5, 0.6) is 5.75 Å². The maximum Gasteiger partial charge on any atom is 0.119 e. The molecule has 0 heterocycles. The molecule has 0 aliphatic heterocycles. The minimum Gasteiger partial charge on any atom is -0.494 e. The molecule has 0 spiro atoms. The molecular weight excluding hydrogens is 256 g/mol. The number of hydrogen-bond donors (Lipinski definition) is 0. The predicted molar refractivity (Wildman–Crippen MR) is 91.9 cm³/mol. The average Bonchev–Trinajstić information content (AvgIpc) is 2.53. The molecule has 0 aliphatic rings. The standard InChI is InChI=1S/C20H33O/c1-2-3-4-5-6-7-8-9-10-11-12-16-19-21-20-17-14-13-15-18-20/h13-14,17-18H,2-12,16,19H2,1H3. The fraction of sp³-hybridized carbons (Fsp3) is 0.700. The number of hydrogen-bond acceptors (Lipinski definition) is 1. The summed E-state index contributed by atoms with van der Waals surface area (Å²) in [7, 11) is 0. The van der Waals surface area contributed by atoms with Crippen LogP contribution in [0.1, 0.15) is 84.0 Å². The van der Waals surface area contributed by atoms with E-state index >= 15 is 0 Å². The van der Waals surface area contributed by atoms with Crippen LogP contribution in [0.4, 0.5) is 0 Å². The summed E-state index contributed by atoms with van der Waals surface area (Å²) in [6, 6.07) is 10.8. The third kappa shape index (κ3) is 11.4. The van der Waals surface area contributed by atoms with Gasteiger partial charge in [0.2, 0.25) is 0 Å². The first-order valence-electron chi connectivity index (χ1n) is 9.02. The van der Waals surface area contributed by atoms with Gasteiger partial charge in [0, 0.05) is 0 Å². The zero-order valence-electron chi connectivity index (χ0n) is 13.9. The van der Waals surface area contributed by atoms with Crippen molar-refractivity contribution in [2.75, 3.05) is 6.61 Å². The smallest absolute Gasteiger partial charge is 0.119 e. The molecule has 0 atom stereocenters. The fourth-order valence-corrected chi connectivity index (χ4v) is 2.60. The SMILES string of the molecule is CCCCCCCCCCCCCCOc1c[c]ccc1. The quantitative estimate of drug-likeness (QED) is 0.352. The van der Waals surface area contributed by atoms with Crippen molar-refractivity contribution in [1.82, 2.24) is 0 Å². The second-order valence-corrected chi connectivity index (χ2v) is 5.98. The summed E-state index contributed by atoms with van der Waals surface area (Å²) in [5.74, 6) is 0.945. The summed E-state index contributed by atoms with van der Waals surface area (Å²) in [5.41, 5.74) is 0. The van der Waals surface area contributed by atoms with Crippen LogP contribution in [0.2, 0.25) is 0 Å². The highest BCUT2D eigenvalue weighted by Gasteiger charge is 1.94. The molecule has 1 rings (SSSR count). The third-order valence-corrected chi connectivity index (χ3v) is 3.95. The van der Waals surface area contributed by atoms with Crippen LogP contribution in [-0.4, -0.2) is 6.61 Å². The van der Waals surface area contributed by atoms with Crippen molar-refractivity contribution in [2.45, 2.75) is 84.0 Å². The molecule has 119 valence electrons. The number of rotatable bonds is 14. The maximum atomic E-state index is 5.67. The van der Waals surface area contributed by atoms with Crippen molar-refractivity contribution >= 4 is 0 Å². The van der Waals surface area contributed by atoms with Crippen molar-refractivity contribution in [3.63, 3.8) is 0 Å². The van der Waals surface area contributed by atoms with Gasteiger partial charge in [-0.3, -0.25) is 0 Å². The van der Waals surface area contributed by atoms with E-state index in [0.29, 0.717) is 0 Å². The molecule has 1 nitrogen and oxygen atoms in total. The summed E-state index contributed by atoms with van der Waals surface area (Å²) in [4.78, 5) is 0. The molecular formula is C20H33O. The van der Waals surface area contributed by atoms with Crippen LogP contribution in [0.25, 0.3) is 0 Å². The summed E-state index contributed by atoms with van der Waals surface area (Å²) < 4.78 is 5.67. The highest BCUT2D eigenvalue weighted by Crippen LogP contribution is 2.13. The van der Waals surface area contributed by atoms with E-state index in [1.807, 2.05) is 24.3 Å². The number of benzene rings is 1. The second kappa shape index (κ2) is 14.0. The normalized spacial score (nSPS) is 10.7. The molecule has 0 saturated heterocycles. The van der Waals surface area contributed by atoms with Gasteiger partial charge in [-0.1, -0.05) is 89.7 Å². The molecule has 0 aromatic heterocycles. The molecule has 1 heteroatoms. The number of unbranched alkanes of at least 4 members (excludes halogenated alkanes) is 11. The zero-order chi connectivity index (χ0) is 15.0. The van der Waals surface area contributed by atoms with E-state index < -0.39 is 0 Å². The van der Waals surface area contributed by atoms with Gasteiger partial charge >= 0.3 is 0 Å². The molecule has 1 aromatic rings. The minimum atomic E-state index is 0.843. The summed E-state index contributed by atoms with van der Waals surface area (Å²) >= 11 is 0. The van der Waals surface area contributed by atoms with Crippen molar-refractivity contribution in [3.8, 4) is 5.75 Å². The van der Waals surface area contributed by atoms with Crippen LogP contribution >= 0.6 is 0 Å². The second-order valence-electron chi connectivity index (χ2n) is 5.98. The zero-order valence-corrected chi connectivity index (χ0v) is 13.9. The van der Waals surface area contributed by atoms with E-state index in [-0.39, 0.29) is 0 Å². The highest BCUT2D eigenvalue weighted by molar-refractivity contribution is 5.19. The molecule has 21 heavy (non-hydrogen) atoms. The Morgan fingerprint density at radius 1 is 0.810 bits per heavy atom. The minimum absolute atomic E-state index is 0.843. The monoisotopic (exact) mass is 289 g/mol. The first-order valence-corrected chi connectivity index (χ1v) is 9.02. The molecule has 0 aliphatic carbocycles. The van der Waals surface area contributed by atoms with Crippen molar-refractivity contribution in [2.24, 2.45) is 0 Å². The average molecular weight is 289 g/mol. The Morgan fingerprint density at radius 3 is 1.90 bits per heavy atom. The van der Waals surface area contributed by atoms with Crippen LogP contribution < -0.4 is 4.74 Å². The lowest BCUT2D eigenvalue weighted by atomic mass is 10.1. The summed E-state index contributed by atoms with van der Waals surface area (Å²) in [5, 5.41) is 0. The van der Waals surface area contributed by atoms with Crippen molar-refractivity contribution < 1.29 is 4.74 Å². The molecule has 1 aromatic carbocycles. The number of ether oxygens (including phenoxy) is 1. The van der Waals surface area contributed by atoms with E-state index in [9.17, 15) is 0 Å². The third-order valence-electron chi connectivity index (χ3n) is 3.95. The Morgan fingerprint density at radius 2 is 1.38 bits per heavy atom. The van der Waals surface area contributed by atoms with E-state index in [0.717, 1.165) is 12.4 Å². The van der Waals surface area contributed by atoms with Crippen LogP contribution in [0, 0.1) is 6.07 Å². The Bertz CT molecular complexity index is 307. The molecule has 0 saturated carbocycles. The van der Waals surface area contributed by atoms with Gasteiger partial charge in [-0.15, -0.1) is 0 Å². The molecule has 0 fully saturated rings. The van der Waals surface area contributed by atoms with E-state index in [2.05, 4.69) is 13.0 Å². The van der Waals surface area contributed by atoms with Crippen molar-refractivity contribution in [3.05, 3.63) is 30.3 Å². The van der Waals surface area contributed by atoms with Gasteiger partial charge in [-0.2, -0.15) is 0 Å². The lowest BCUT2D eigenvalue weighted by molar-refractivity contribution is 0.304. The van der Waals surface area contributed by atoms with E-state index in [1.54, 1.807) is 0 Å². The van der Waals surface area contributed by atoms with Gasteiger partial charge in [0.05, 0.1) is 6.61 Å². The van der Waals surface area contributed by atoms with E-state index in [4.69, 9.17) is 4.74 Å².